The molecule has 3 N–H and O–H groups in total. The number of fused-ring (bicyclic) bond motifs is 2. The molecule has 132 valence electrons. The van der Waals surface area contributed by atoms with Gasteiger partial charge in [0.15, 0.2) is 0 Å². The molecule has 5 nitrogen and oxygen atoms in total. The third-order valence-electron chi connectivity index (χ3n) is 4.70. The van der Waals surface area contributed by atoms with Gasteiger partial charge in [-0.3, -0.25) is 4.40 Å². The predicted octanol–water partition coefficient (Wildman–Crippen LogP) is 4.47. The summed E-state index contributed by atoms with van der Waals surface area (Å²) >= 11 is 0. The minimum Gasteiger partial charge on any atom is -0.388 e. The molecule has 0 aliphatic rings. The number of anilines is 2. The molecule has 0 unspecified atom stereocenters. The summed E-state index contributed by atoms with van der Waals surface area (Å²) in [6, 6.07) is 12.5. The smallest absolute Gasteiger partial charge is 0.150 e. The number of rotatable bonds is 2. The van der Waals surface area contributed by atoms with E-state index in [-0.39, 0.29) is 5.41 Å². The molecule has 0 fully saturated rings. The fourth-order valence-corrected chi connectivity index (χ4v) is 3.50. The molecule has 0 aliphatic heterocycles. The van der Waals surface area contributed by atoms with Crippen molar-refractivity contribution >= 4 is 27.8 Å². The van der Waals surface area contributed by atoms with Crippen molar-refractivity contribution in [3.8, 4) is 11.3 Å². The molecule has 0 saturated heterocycles. The molecule has 0 radical (unpaired) electrons. The van der Waals surface area contributed by atoms with Gasteiger partial charge in [-0.05, 0) is 11.5 Å². The first-order chi connectivity index (χ1) is 12.4. The van der Waals surface area contributed by atoms with Gasteiger partial charge in [-0.15, -0.1) is 0 Å². The predicted molar refractivity (Wildman–Crippen MR) is 109 cm³/mol. The monoisotopic (exact) mass is 345 g/mol. The molecule has 0 amide bonds. The van der Waals surface area contributed by atoms with E-state index in [9.17, 15) is 0 Å². The lowest BCUT2D eigenvalue weighted by atomic mass is 9.96. The van der Waals surface area contributed by atoms with Gasteiger partial charge in [0.2, 0.25) is 0 Å². The summed E-state index contributed by atoms with van der Waals surface area (Å²) in [5, 5.41) is 5.57. The van der Waals surface area contributed by atoms with Gasteiger partial charge >= 0.3 is 0 Å². The Labute approximate surface area is 152 Å². The number of nitrogens with two attached hydrogens (primary N) is 1. The molecule has 4 rings (SSSR count). The minimum absolute atomic E-state index is 0.115. The highest BCUT2D eigenvalue weighted by Crippen LogP contribution is 2.37. The molecule has 0 bridgehead atoms. The van der Waals surface area contributed by atoms with Gasteiger partial charge in [-0.2, -0.15) is 0 Å². The van der Waals surface area contributed by atoms with Gasteiger partial charge < -0.3 is 11.1 Å². The van der Waals surface area contributed by atoms with Crippen molar-refractivity contribution in [2.45, 2.75) is 26.2 Å². The van der Waals surface area contributed by atoms with Crippen molar-refractivity contribution in [2.24, 2.45) is 0 Å². The summed E-state index contributed by atoms with van der Waals surface area (Å²) in [4.78, 5) is 9.33. The largest absolute Gasteiger partial charge is 0.388 e. The number of benzene rings is 2. The molecule has 26 heavy (non-hydrogen) atoms. The van der Waals surface area contributed by atoms with E-state index in [1.54, 1.807) is 6.20 Å². The summed E-state index contributed by atoms with van der Waals surface area (Å²) in [6.45, 7) is 6.47. The first kappa shape index (κ1) is 16.4. The molecule has 0 spiro atoms. The van der Waals surface area contributed by atoms with E-state index in [0.29, 0.717) is 5.82 Å². The summed E-state index contributed by atoms with van der Waals surface area (Å²) < 4.78 is 2.07. The van der Waals surface area contributed by atoms with Crippen LogP contribution in [0.1, 0.15) is 26.6 Å². The fourth-order valence-electron chi connectivity index (χ4n) is 3.50. The molecule has 2 aromatic heterocycles. The third-order valence-corrected chi connectivity index (χ3v) is 4.70. The van der Waals surface area contributed by atoms with Crippen LogP contribution >= 0.6 is 0 Å². The number of nitrogen functional groups attached to an aromatic ring is 1. The minimum atomic E-state index is -0.115. The van der Waals surface area contributed by atoms with Crippen LogP contribution in [0.2, 0.25) is 0 Å². The average Bonchev–Trinajstić information content (AvgIpc) is 3.02. The van der Waals surface area contributed by atoms with Gasteiger partial charge in [0.05, 0.1) is 0 Å². The average molecular weight is 345 g/mol. The Bertz CT molecular complexity index is 1120. The Balaban J connectivity index is 2.13. The second kappa shape index (κ2) is 5.73. The van der Waals surface area contributed by atoms with Gasteiger partial charge in [-0.25, -0.2) is 9.97 Å². The molecule has 0 saturated carbocycles. The maximum absolute atomic E-state index is 6.27. The maximum Gasteiger partial charge on any atom is 0.150 e. The Hall–Kier alpha value is -3.08. The van der Waals surface area contributed by atoms with E-state index in [4.69, 9.17) is 10.7 Å². The summed E-state index contributed by atoms with van der Waals surface area (Å²) in [7, 11) is 1.94. The second-order valence-corrected chi connectivity index (χ2v) is 7.52. The van der Waals surface area contributed by atoms with E-state index in [1.807, 2.05) is 13.2 Å². The number of nitrogens with zero attached hydrogens (tertiary/aromatic N) is 3. The molecular formula is C21H23N5. The Morgan fingerprint density at radius 1 is 1.04 bits per heavy atom. The Kier molecular flexibility index (Phi) is 3.61. The lowest BCUT2D eigenvalue weighted by molar-refractivity contribution is 0.543. The zero-order valence-corrected chi connectivity index (χ0v) is 15.5. The number of imidazole rings is 1. The van der Waals surface area contributed by atoms with Crippen molar-refractivity contribution in [3.05, 3.63) is 54.6 Å². The van der Waals surface area contributed by atoms with E-state index in [0.717, 1.165) is 39.1 Å². The summed E-state index contributed by atoms with van der Waals surface area (Å²) in [5.41, 5.74) is 10.0. The molecule has 2 heterocycles. The van der Waals surface area contributed by atoms with Crippen LogP contribution in [-0.4, -0.2) is 21.4 Å². The summed E-state index contributed by atoms with van der Waals surface area (Å²) in [5.74, 6) is 1.46. The fraction of sp³-hybridized carbons (Fsp3) is 0.238. The van der Waals surface area contributed by atoms with E-state index < -0.39 is 0 Å². The van der Waals surface area contributed by atoms with Crippen LogP contribution in [0.3, 0.4) is 0 Å². The van der Waals surface area contributed by atoms with Crippen LogP contribution in [0.25, 0.3) is 27.5 Å². The quantitative estimate of drug-likeness (QED) is 0.562. The van der Waals surface area contributed by atoms with Crippen LogP contribution in [0, 0.1) is 0 Å². The van der Waals surface area contributed by atoms with Gasteiger partial charge in [0.25, 0.3) is 0 Å². The zero-order chi connectivity index (χ0) is 18.5. The van der Waals surface area contributed by atoms with Gasteiger partial charge in [0.1, 0.15) is 22.9 Å². The lowest BCUT2D eigenvalue weighted by Crippen LogP contribution is -2.16. The molecule has 4 aromatic rings. The van der Waals surface area contributed by atoms with Crippen LogP contribution in [0.5, 0.6) is 0 Å². The normalized spacial score (nSPS) is 12.0. The van der Waals surface area contributed by atoms with E-state index in [1.165, 1.54) is 0 Å². The van der Waals surface area contributed by atoms with Crippen molar-refractivity contribution in [2.75, 3.05) is 18.1 Å². The molecular weight excluding hydrogens is 322 g/mol. The number of aromatic nitrogens is 3. The first-order valence-corrected chi connectivity index (χ1v) is 8.74. The maximum atomic E-state index is 6.27. The van der Waals surface area contributed by atoms with Gasteiger partial charge in [0, 0.05) is 41.5 Å². The second-order valence-electron chi connectivity index (χ2n) is 7.52. The lowest BCUT2D eigenvalue weighted by Gasteiger charge is -2.16. The first-order valence-electron chi connectivity index (χ1n) is 8.74. The summed E-state index contributed by atoms with van der Waals surface area (Å²) in [6.07, 6.45) is 3.66. The third kappa shape index (κ3) is 2.39. The van der Waals surface area contributed by atoms with Crippen molar-refractivity contribution in [3.63, 3.8) is 0 Å². The number of hydrogen-bond donors (Lipinski definition) is 2. The topological polar surface area (TPSA) is 68.2 Å². The zero-order valence-electron chi connectivity index (χ0n) is 15.5. The van der Waals surface area contributed by atoms with Crippen molar-refractivity contribution in [1.29, 1.82) is 0 Å². The van der Waals surface area contributed by atoms with Crippen molar-refractivity contribution in [1.82, 2.24) is 14.4 Å². The van der Waals surface area contributed by atoms with E-state index in [2.05, 4.69) is 71.9 Å². The highest BCUT2D eigenvalue weighted by Gasteiger charge is 2.25. The molecule has 2 aromatic carbocycles. The Morgan fingerprint density at radius 3 is 2.46 bits per heavy atom. The molecule has 0 atom stereocenters. The standard InChI is InChI=1S/C21H23N5/c1-21(2,3)20-25-17(18-19(22)24-11-12-26(18)20)15-9-10-16(23-4)14-8-6-5-7-13(14)15/h5-12,23H,1-4H3,(H2,22,24). The highest BCUT2D eigenvalue weighted by molar-refractivity contribution is 6.05. The van der Waals surface area contributed by atoms with Crippen LogP contribution in [0.15, 0.2) is 48.8 Å². The van der Waals surface area contributed by atoms with Gasteiger partial charge in [-0.1, -0.05) is 51.1 Å². The van der Waals surface area contributed by atoms with E-state index >= 15 is 0 Å². The van der Waals surface area contributed by atoms with Crippen molar-refractivity contribution < 1.29 is 0 Å². The number of hydrogen-bond acceptors (Lipinski definition) is 4. The molecule has 0 aliphatic carbocycles. The van der Waals surface area contributed by atoms with Crippen LogP contribution in [0.4, 0.5) is 11.5 Å². The number of nitrogens with one attached hydrogen (secondary N) is 1. The van der Waals surface area contributed by atoms with Crippen LogP contribution in [-0.2, 0) is 5.41 Å². The van der Waals surface area contributed by atoms with Crippen LogP contribution < -0.4 is 11.1 Å². The molecule has 5 heteroatoms. The SMILES string of the molecule is CNc1ccc(-c2nc(C(C)(C)C)n3ccnc(N)c23)c2ccccc12. The highest BCUT2D eigenvalue weighted by atomic mass is 15.1. The Morgan fingerprint density at radius 2 is 1.77 bits per heavy atom.